The van der Waals surface area contributed by atoms with Crippen molar-refractivity contribution in [3.8, 4) is 11.8 Å². The minimum absolute atomic E-state index is 0.272. The lowest BCUT2D eigenvalue weighted by atomic mass is 10.1. The molecule has 0 amide bonds. The summed E-state index contributed by atoms with van der Waals surface area (Å²) in [6.07, 6.45) is 4.17. The number of benzene rings is 2. The van der Waals surface area contributed by atoms with E-state index in [4.69, 9.17) is 9.47 Å². The standard InChI is InChI=1S/C20H21N3O4S/c1-26-19-12-21-13-20(22-19)27-17-7-4-10-23(14-17)28(24,25)18-9-8-15-5-2-3-6-16(15)11-18/h2-3,5-6,8-9,11-13,17H,4,7,10,14H2,1H3. The van der Waals surface area contributed by atoms with Gasteiger partial charge in [0.25, 0.3) is 0 Å². The zero-order valence-corrected chi connectivity index (χ0v) is 16.3. The van der Waals surface area contributed by atoms with Gasteiger partial charge in [0.15, 0.2) is 0 Å². The Hall–Kier alpha value is -2.71. The minimum Gasteiger partial charge on any atom is -0.480 e. The van der Waals surface area contributed by atoms with Crippen LogP contribution in [-0.4, -0.2) is 49.0 Å². The summed E-state index contributed by atoms with van der Waals surface area (Å²) in [7, 11) is -2.09. The van der Waals surface area contributed by atoms with Gasteiger partial charge in [0, 0.05) is 6.54 Å². The summed E-state index contributed by atoms with van der Waals surface area (Å²) >= 11 is 0. The van der Waals surface area contributed by atoms with Crippen molar-refractivity contribution in [1.29, 1.82) is 0 Å². The Morgan fingerprint density at radius 1 is 1.07 bits per heavy atom. The number of methoxy groups -OCH3 is 1. The third-order valence-electron chi connectivity index (χ3n) is 4.79. The molecule has 146 valence electrons. The van der Waals surface area contributed by atoms with E-state index in [1.54, 1.807) is 12.1 Å². The summed E-state index contributed by atoms with van der Waals surface area (Å²) in [4.78, 5) is 8.51. The predicted octanol–water partition coefficient (Wildman–Crippen LogP) is 2.87. The number of piperidine rings is 1. The fourth-order valence-corrected chi connectivity index (χ4v) is 4.90. The zero-order valence-electron chi connectivity index (χ0n) is 15.5. The first kappa shape index (κ1) is 18.6. The molecule has 3 aromatic rings. The molecule has 2 aromatic carbocycles. The highest BCUT2D eigenvalue weighted by Gasteiger charge is 2.31. The van der Waals surface area contributed by atoms with Crippen LogP contribution in [0.25, 0.3) is 10.8 Å². The average molecular weight is 399 g/mol. The highest BCUT2D eigenvalue weighted by molar-refractivity contribution is 7.89. The highest BCUT2D eigenvalue weighted by Crippen LogP contribution is 2.26. The van der Waals surface area contributed by atoms with E-state index in [0.29, 0.717) is 23.2 Å². The molecule has 0 saturated carbocycles. The molecule has 28 heavy (non-hydrogen) atoms. The van der Waals surface area contributed by atoms with E-state index >= 15 is 0 Å². The highest BCUT2D eigenvalue weighted by atomic mass is 32.2. The number of fused-ring (bicyclic) bond motifs is 1. The van der Waals surface area contributed by atoms with Crippen LogP contribution < -0.4 is 9.47 Å². The molecule has 0 bridgehead atoms. The number of ether oxygens (including phenoxy) is 2. The molecule has 0 aliphatic carbocycles. The predicted molar refractivity (Wildman–Crippen MR) is 105 cm³/mol. The summed E-state index contributed by atoms with van der Waals surface area (Å²) in [5.74, 6) is 0.684. The topological polar surface area (TPSA) is 81.6 Å². The Bertz CT molecular complexity index is 1090. The molecule has 1 aromatic heterocycles. The zero-order chi connectivity index (χ0) is 19.6. The largest absolute Gasteiger partial charge is 0.480 e. The number of sulfonamides is 1. The summed E-state index contributed by atoms with van der Waals surface area (Å²) < 4.78 is 38.7. The summed E-state index contributed by atoms with van der Waals surface area (Å²) in [5, 5.41) is 1.91. The molecule has 1 aliphatic rings. The van der Waals surface area contributed by atoms with E-state index in [2.05, 4.69) is 9.97 Å². The second kappa shape index (κ2) is 7.73. The number of aromatic nitrogens is 2. The second-order valence-corrected chi connectivity index (χ2v) is 8.59. The van der Waals surface area contributed by atoms with Gasteiger partial charge in [0.2, 0.25) is 21.8 Å². The Morgan fingerprint density at radius 2 is 1.86 bits per heavy atom. The summed E-state index contributed by atoms with van der Waals surface area (Å²) in [6.45, 7) is 0.743. The number of hydrogen-bond acceptors (Lipinski definition) is 6. The first-order chi connectivity index (χ1) is 13.6. The van der Waals surface area contributed by atoms with Crippen molar-refractivity contribution < 1.29 is 17.9 Å². The maximum Gasteiger partial charge on any atom is 0.243 e. The molecule has 2 heterocycles. The van der Waals surface area contributed by atoms with Crippen LogP contribution in [0.3, 0.4) is 0 Å². The smallest absolute Gasteiger partial charge is 0.243 e. The molecule has 4 rings (SSSR count). The van der Waals surface area contributed by atoms with E-state index in [9.17, 15) is 8.42 Å². The molecule has 1 unspecified atom stereocenters. The van der Waals surface area contributed by atoms with Crippen LogP contribution in [0, 0.1) is 0 Å². The number of hydrogen-bond donors (Lipinski definition) is 0. The van der Waals surface area contributed by atoms with Crippen LogP contribution in [-0.2, 0) is 10.0 Å². The molecule has 0 N–H and O–H groups in total. The SMILES string of the molecule is COc1cncc(OC2CCCN(S(=O)(=O)c3ccc4ccccc4c3)C2)n1. The number of nitrogens with zero attached hydrogens (tertiary/aromatic N) is 3. The van der Waals surface area contributed by atoms with Gasteiger partial charge < -0.3 is 9.47 Å². The first-order valence-electron chi connectivity index (χ1n) is 9.08. The third-order valence-corrected chi connectivity index (χ3v) is 6.65. The van der Waals surface area contributed by atoms with Crippen molar-refractivity contribution in [3.63, 3.8) is 0 Å². The second-order valence-electron chi connectivity index (χ2n) is 6.65. The first-order valence-corrected chi connectivity index (χ1v) is 10.5. The molecule has 1 aliphatic heterocycles. The van der Waals surface area contributed by atoms with Gasteiger partial charge in [-0.15, -0.1) is 0 Å². The van der Waals surface area contributed by atoms with Crippen molar-refractivity contribution in [1.82, 2.24) is 14.3 Å². The van der Waals surface area contributed by atoms with E-state index in [0.717, 1.165) is 23.6 Å². The van der Waals surface area contributed by atoms with Gasteiger partial charge in [-0.25, -0.2) is 8.42 Å². The molecule has 1 fully saturated rings. The molecule has 1 saturated heterocycles. The van der Waals surface area contributed by atoms with Crippen molar-refractivity contribution in [2.24, 2.45) is 0 Å². The summed E-state index contributed by atoms with van der Waals surface area (Å²) in [6, 6.07) is 12.9. The quantitative estimate of drug-likeness (QED) is 0.656. The van der Waals surface area contributed by atoms with Gasteiger partial charge >= 0.3 is 0 Å². The van der Waals surface area contributed by atoms with Gasteiger partial charge in [0.1, 0.15) is 6.10 Å². The van der Waals surface area contributed by atoms with Crippen LogP contribution in [0.2, 0.25) is 0 Å². The normalized spacial score (nSPS) is 18.1. The van der Waals surface area contributed by atoms with Crippen LogP contribution in [0.5, 0.6) is 11.8 Å². The lowest BCUT2D eigenvalue weighted by molar-refractivity contribution is 0.123. The Balaban J connectivity index is 1.53. The lowest BCUT2D eigenvalue weighted by Gasteiger charge is -2.31. The van der Waals surface area contributed by atoms with Gasteiger partial charge in [-0.1, -0.05) is 30.3 Å². The maximum absolute atomic E-state index is 13.2. The Morgan fingerprint density at radius 3 is 2.68 bits per heavy atom. The van der Waals surface area contributed by atoms with Crippen LogP contribution >= 0.6 is 0 Å². The van der Waals surface area contributed by atoms with Crippen molar-refractivity contribution in [3.05, 3.63) is 54.9 Å². The van der Waals surface area contributed by atoms with Gasteiger partial charge in [0.05, 0.1) is 30.9 Å². The molecular formula is C20H21N3O4S. The third kappa shape index (κ3) is 3.79. The number of rotatable bonds is 5. The molecule has 1 atom stereocenters. The average Bonchev–Trinajstić information content (AvgIpc) is 2.73. The monoisotopic (exact) mass is 399 g/mol. The van der Waals surface area contributed by atoms with E-state index in [1.165, 1.54) is 23.8 Å². The van der Waals surface area contributed by atoms with Crippen LogP contribution in [0.15, 0.2) is 59.8 Å². The van der Waals surface area contributed by atoms with E-state index < -0.39 is 10.0 Å². The molecule has 0 spiro atoms. The van der Waals surface area contributed by atoms with E-state index in [1.807, 2.05) is 30.3 Å². The van der Waals surface area contributed by atoms with Gasteiger partial charge in [-0.05, 0) is 35.7 Å². The summed E-state index contributed by atoms with van der Waals surface area (Å²) in [5.41, 5.74) is 0. The van der Waals surface area contributed by atoms with Crippen LogP contribution in [0.4, 0.5) is 0 Å². The maximum atomic E-state index is 13.2. The van der Waals surface area contributed by atoms with E-state index in [-0.39, 0.29) is 12.6 Å². The Kier molecular flexibility index (Phi) is 5.15. The van der Waals surface area contributed by atoms with Crippen molar-refractivity contribution >= 4 is 20.8 Å². The Labute approximate surface area is 164 Å². The molecule has 8 heteroatoms. The van der Waals surface area contributed by atoms with Crippen molar-refractivity contribution in [2.45, 2.75) is 23.8 Å². The lowest BCUT2D eigenvalue weighted by Crippen LogP contribution is -2.44. The molecule has 7 nitrogen and oxygen atoms in total. The van der Waals surface area contributed by atoms with Crippen LogP contribution in [0.1, 0.15) is 12.8 Å². The fourth-order valence-electron chi connectivity index (χ4n) is 3.35. The fraction of sp³-hybridized carbons (Fsp3) is 0.300. The minimum atomic E-state index is -3.60. The molecule has 0 radical (unpaired) electrons. The molecular weight excluding hydrogens is 378 g/mol. The van der Waals surface area contributed by atoms with Gasteiger partial charge in [-0.3, -0.25) is 4.98 Å². The van der Waals surface area contributed by atoms with Gasteiger partial charge in [-0.2, -0.15) is 9.29 Å². The van der Waals surface area contributed by atoms with Crippen molar-refractivity contribution in [2.75, 3.05) is 20.2 Å².